The Balaban J connectivity index is 1.85. The molecule has 2 heterocycles. The standard InChI is InChI=1S/C16H13N3O6S2/c20-16(21)15-12(18-27(24,25)14-3-1-2-8-17-14)9-13(26-15)10-4-6-11(7-5-10)19(22)23/h1-8,13,18H,9H2,(H,20,21). The van der Waals surface area contributed by atoms with Gasteiger partial charge in [-0.2, -0.15) is 8.42 Å². The van der Waals surface area contributed by atoms with Gasteiger partial charge in [-0.15, -0.1) is 11.8 Å². The van der Waals surface area contributed by atoms with Gasteiger partial charge in [0.2, 0.25) is 0 Å². The van der Waals surface area contributed by atoms with E-state index in [1.54, 1.807) is 6.07 Å². The molecule has 0 aliphatic carbocycles. The van der Waals surface area contributed by atoms with E-state index < -0.39 is 20.9 Å². The lowest BCUT2D eigenvalue weighted by Gasteiger charge is -2.11. The fraction of sp³-hybridized carbons (Fsp3) is 0.125. The molecule has 1 aliphatic heterocycles. The fourth-order valence-electron chi connectivity index (χ4n) is 2.52. The number of hydrogen-bond donors (Lipinski definition) is 2. The number of nitro benzene ring substituents is 1. The molecule has 0 amide bonds. The van der Waals surface area contributed by atoms with Crippen molar-refractivity contribution < 1.29 is 23.2 Å². The van der Waals surface area contributed by atoms with Crippen LogP contribution in [-0.4, -0.2) is 29.4 Å². The zero-order chi connectivity index (χ0) is 19.6. The first-order valence-corrected chi connectivity index (χ1v) is 9.95. The zero-order valence-electron chi connectivity index (χ0n) is 13.6. The Morgan fingerprint density at radius 2 is 1.96 bits per heavy atom. The summed E-state index contributed by atoms with van der Waals surface area (Å²) in [5.74, 6) is -1.25. The maximum absolute atomic E-state index is 12.4. The third kappa shape index (κ3) is 4.09. The number of benzene rings is 1. The number of carbonyl (C=O) groups is 1. The molecular weight excluding hydrogens is 394 g/mol. The van der Waals surface area contributed by atoms with Crippen molar-refractivity contribution in [1.29, 1.82) is 0 Å². The molecule has 9 nitrogen and oxygen atoms in total. The molecule has 2 N–H and O–H groups in total. The number of thioether (sulfide) groups is 1. The first-order chi connectivity index (χ1) is 12.8. The molecule has 1 unspecified atom stereocenters. The number of hydrogen-bond acceptors (Lipinski definition) is 7. The van der Waals surface area contributed by atoms with Crippen LogP contribution in [0.3, 0.4) is 0 Å². The maximum Gasteiger partial charge on any atom is 0.344 e. The molecule has 0 bridgehead atoms. The zero-order valence-corrected chi connectivity index (χ0v) is 15.2. The lowest BCUT2D eigenvalue weighted by atomic mass is 10.1. The number of nitro groups is 1. The molecule has 0 radical (unpaired) electrons. The normalized spacial score (nSPS) is 17.0. The van der Waals surface area contributed by atoms with Crippen LogP contribution in [0.2, 0.25) is 0 Å². The van der Waals surface area contributed by atoms with Crippen molar-refractivity contribution in [3.63, 3.8) is 0 Å². The summed E-state index contributed by atoms with van der Waals surface area (Å²) < 4.78 is 27.2. The number of sulfonamides is 1. The van der Waals surface area contributed by atoms with E-state index in [2.05, 4.69) is 9.71 Å². The third-order valence-electron chi connectivity index (χ3n) is 3.76. The average Bonchev–Trinajstić information content (AvgIpc) is 3.06. The van der Waals surface area contributed by atoms with Gasteiger partial charge in [0, 0.05) is 35.7 Å². The summed E-state index contributed by atoms with van der Waals surface area (Å²) >= 11 is 0.993. The molecule has 1 aromatic heterocycles. The van der Waals surface area contributed by atoms with Crippen molar-refractivity contribution in [2.24, 2.45) is 0 Å². The van der Waals surface area contributed by atoms with Crippen molar-refractivity contribution in [2.75, 3.05) is 0 Å². The Morgan fingerprint density at radius 3 is 2.52 bits per heavy atom. The van der Waals surface area contributed by atoms with Gasteiger partial charge in [0.05, 0.1) is 4.92 Å². The molecule has 1 aliphatic rings. The van der Waals surface area contributed by atoms with E-state index in [0.29, 0.717) is 5.56 Å². The lowest BCUT2D eigenvalue weighted by Crippen LogP contribution is -2.25. The highest BCUT2D eigenvalue weighted by Gasteiger charge is 2.33. The summed E-state index contributed by atoms with van der Waals surface area (Å²) in [6.07, 6.45) is 1.44. The Hall–Kier alpha value is -2.92. The number of aromatic nitrogens is 1. The van der Waals surface area contributed by atoms with Gasteiger partial charge in [0.25, 0.3) is 15.7 Å². The predicted octanol–water partition coefficient (Wildman–Crippen LogP) is 2.44. The molecule has 1 atom stereocenters. The van der Waals surface area contributed by atoms with E-state index in [-0.39, 0.29) is 33.0 Å². The van der Waals surface area contributed by atoms with Crippen molar-refractivity contribution >= 4 is 33.4 Å². The van der Waals surface area contributed by atoms with E-state index >= 15 is 0 Å². The summed E-state index contributed by atoms with van der Waals surface area (Å²) in [5.41, 5.74) is 0.641. The second-order valence-electron chi connectivity index (χ2n) is 5.55. The van der Waals surface area contributed by atoms with Crippen LogP contribution in [0.4, 0.5) is 5.69 Å². The highest BCUT2D eigenvalue weighted by atomic mass is 32.2. The molecule has 0 spiro atoms. The Kier molecular flexibility index (Phi) is 5.15. The van der Waals surface area contributed by atoms with E-state index in [9.17, 15) is 28.4 Å². The van der Waals surface area contributed by atoms with Crippen LogP contribution in [0.5, 0.6) is 0 Å². The number of aliphatic carboxylic acids is 1. The molecule has 11 heteroatoms. The van der Waals surface area contributed by atoms with Crippen LogP contribution in [0.15, 0.2) is 64.3 Å². The van der Waals surface area contributed by atoms with Gasteiger partial charge >= 0.3 is 5.97 Å². The van der Waals surface area contributed by atoms with Crippen LogP contribution >= 0.6 is 11.8 Å². The largest absolute Gasteiger partial charge is 0.477 e. The van der Waals surface area contributed by atoms with Crippen LogP contribution in [-0.2, 0) is 14.8 Å². The summed E-state index contributed by atoms with van der Waals surface area (Å²) in [5, 5.41) is 19.6. The van der Waals surface area contributed by atoms with Crippen molar-refractivity contribution in [3.05, 3.63) is 74.9 Å². The minimum absolute atomic E-state index is 0.0569. The van der Waals surface area contributed by atoms with E-state index in [1.807, 2.05) is 0 Å². The van der Waals surface area contributed by atoms with Crippen LogP contribution in [0.25, 0.3) is 0 Å². The summed E-state index contributed by atoms with van der Waals surface area (Å²) in [7, 11) is -4.02. The van der Waals surface area contributed by atoms with Gasteiger partial charge in [-0.1, -0.05) is 18.2 Å². The summed E-state index contributed by atoms with van der Waals surface area (Å²) in [6.45, 7) is 0. The smallest absolute Gasteiger partial charge is 0.344 e. The molecule has 27 heavy (non-hydrogen) atoms. The van der Waals surface area contributed by atoms with E-state index in [0.717, 1.165) is 11.8 Å². The Labute approximate surface area is 158 Å². The van der Waals surface area contributed by atoms with Gasteiger partial charge in [-0.3, -0.25) is 14.8 Å². The predicted molar refractivity (Wildman–Crippen MR) is 97.3 cm³/mol. The molecule has 3 rings (SSSR count). The maximum atomic E-state index is 12.4. The highest BCUT2D eigenvalue weighted by molar-refractivity contribution is 8.04. The quantitative estimate of drug-likeness (QED) is 0.550. The molecule has 2 aromatic rings. The molecule has 0 saturated heterocycles. The Bertz CT molecular complexity index is 1020. The first-order valence-electron chi connectivity index (χ1n) is 7.59. The number of non-ortho nitro benzene ring substituents is 1. The number of rotatable bonds is 6. The number of nitrogens with zero attached hydrogens (tertiary/aromatic N) is 2. The topological polar surface area (TPSA) is 140 Å². The molecule has 1 aromatic carbocycles. The van der Waals surface area contributed by atoms with Crippen molar-refractivity contribution in [1.82, 2.24) is 9.71 Å². The van der Waals surface area contributed by atoms with Gasteiger partial charge in [0.1, 0.15) is 4.91 Å². The second-order valence-corrected chi connectivity index (χ2v) is 8.39. The van der Waals surface area contributed by atoms with Gasteiger partial charge < -0.3 is 5.11 Å². The average molecular weight is 407 g/mol. The first kappa shape index (κ1) is 18.9. The summed E-state index contributed by atoms with van der Waals surface area (Å²) in [6, 6.07) is 10.1. The SMILES string of the molecule is O=C(O)C1=C(NS(=O)(=O)c2ccccn2)CC(c2ccc([N+](=O)[O-])cc2)S1. The third-order valence-corrected chi connectivity index (χ3v) is 6.45. The van der Waals surface area contributed by atoms with E-state index in [4.69, 9.17) is 0 Å². The van der Waals surface area contributed by atoms with Gasteiger partial charge in [-0.05, 0) is 17.7 Å². The van der Waals surface area contributed by atoms with Crippen LogP contribution in [0, 0.1) is 10.1 Å². The number of carboxylic acid groups (broad SMARTS) is 1. The molecule has 0 saturated carbocycles. The summed E-state index contributed by atoms with van der Waals surface area (Å²) in [4.78, 5) is 25.4. The van der Waals surface area contributed by atoms with Crippen LogP contribution < -0.4 is 4.72 Å². The molecule has 0 fully saturated rings. The fourth-order valence-corrected chi connectivity index (χ4v) is 4.86. The van der Waals surface area contributed by atoms with Crippen molar-refractivity contribution in [2.45, 2.75) is 16.7 Å². The minimum atomic E-state index is -4.02. The minimum Gasteiger partial charge on any atom is -0.477 e. The lowest BCUT2D eigenvalue weighted by molar-refractivity contribution is -0.384. The van der Waals surface area contributed by atoms with Crippen LogP contribution in [0.1, 0.15) is 17.2 Å². The van der Waals surface area contributed by atoms with Gasteiger partial charge in [-0.25, -0.2) is 9.78 Å². The molecule has 140 valence electrons. The highest BCUT2D eigenvalue weighted by Crippen LogP contribution is 2.47. The number of allylic oxidation sites excluding steroid dienone is 1. The van der Waals surface area contributed by atoms with E-state index in [1.165, 1.54) is 42.6 Å². The monoisotopic (exact) mass is 407 g/mol. The van der Waals surface area contributed by atoms with Crippen molar-refractivity contribution in [3.8, 4) is 0 Å². The van der Waals surface area contributed by atoms with Gasteiger partial charge in [0.15, 0.2) is 5.03 Å². The molecular formula is C16H13N3O6S2. The number of pyridine rings is 1. The Morgan fingerprint density at radius 1 is 1.26 bits per heavy atom. The number of nitrogens with one attached hydrogen (secondary N) is 1. The number of carboxylic acids is 1. The second kappa shape index (κ2) is 7.37.